The number of hydrogen-bond donors (Lipinski definition) is 4. The number of fused-ring (bicyclic) bond motifs is 5. The van der Waals surface area contributed by atoms with Gasteiger partial charge in [-0.1, -0.05) is 19.0 Å². The van der Waals surface area contributed by atoms with Crippen LogP contribution in [-0.2, 0) is 4.84 Å². The van der Waals surface area contributed by atoms with Crippen LogP contribution in [0.2, 0.25) is 0 Å². The van der Waals surface area contributed by atoms with Crippen LogP contribution in [0.4, 0.5) is 8.78 Å². The Morgan fingerprint density at radius 1 is 1.19 bits per heavy atom. The molecule has 8 heteroatoms. The lowest BCUT2D eigenvalue weighted by atomic mass is 9.46. The molecule has 0 aliphatic heterocycles. The van der Waals surface area contributed by atoms with Gasteiger partial charge in [-0.05, 0) is 74.3 Å². The summed E-state index contributed by atoms with van der Waals surface area (Å²) in [4.78, 5) is 5.14. The zero-order valence-corrected chi connectivity index (χ0v) is 19.5. The van der Waals surface area contributed by atoms with Crippen molar-refractivity contribution in [2.45, 2.75) is 89.6 Å². The highest BCUT2D eigenvalue weighted by molar-refractivity contribution is 5.99. The van der Waals surface area contributed by atoms with Crippen LogP contribution in [0.15, 0.2) is 16.8 Å². The molecule has 182 valence electrons. The smallest absolute Gasteiger partial charge is 0.250 e. The average molecular weight is 457 g/mol. The normalized spacial score (nSPS) is 48.1. The maximum atomic E-state index is 12.8. The number of halogens is 2. The molecule has 0 heterocycles. The molecule has 0 bridgehead atoms. The van der Waals surface area contributed by atoms with Gasteiger partial charge in [0.2, 0.25) is 0 Å². The van der Waals surface area contributed by atoms with Gasteiger partial charge in [-0.2, -0.15) is 0 Å². The molecule has 3 unspecified atom stereocenters. The summed E-state index contributed by atoms with van der Waals surface area (Å²) in [7, 11) is 1.49. The Morgan fingerprint density at radius 3 is 2.56 bits per heavy atom. The minimum absolute atomic E-state index is 0.0617. The molecule has 9 atom stereocenters. The monoisotopic (exact) mass is 456 g/mol. The third-order valence-corrected chi connectivity index (χ3v) is 9.60. The number of aliphatic hydroxyl groups excluding tert-OH is 2. The van der Waals surface area contributed by atoms with Gasteiger partial charge in [0.25, 0.3) is 6.43 Å². The number of alkyl halides is 2. The van der Waals surface area contributed by atoms with Crippen molar-refractivity contribution in [1.29, 1.82) is 0 Å². The van der Waals surface area contributed by atoms with Gasteiger partial charge in [0.1, 0.15) is 7.11 Å². The highest BCUT2D eigenvalue weighted by atomic mass is 19.3. The zero-order chi connectivity index (χ0) is 23.5. The molecular weight excluding hydrogens is 418 g/mol. The molecule has 0 aromatic heterocycles. The first-order valence-electron chi connectivity index (χ1n) is 11.9. The van der Waals surface area contributed by atoms with Gasteiger partial charge in [-0.15, -0.1) is 0 Å². The molecule has 3 saturated carbocycles. The molecule has 32 heavy (non-hydrogen) atoms. The predicted octanol–water partition coefficient (Wildman–Crippen LogP) is 2.87. The summed E-state index contributed by atoms with van der Waals surface area (Å²) in [5.41, 5.74) is -0.220. The fourth-order valence-electron chi connectivity index (χ4n) is 7.85. The minimum atomic E-state index is -2.40. The zero-order valence-electron chi connectivity index (χ0n) is 19.5. The van der Waals surface area contributed by atoms with Crippen LogP contribution in [0.5, 0.6) is 0 Å². The lowest BCUT2D eigenvalue weighted by Gasteiger charge is -2.60. The Kier molecular flexibility index (Phi) is 6.23. The molecular formula is C24H38F2N2O4. The molecule has 4 aliphatic rings. The summed E-state index contributed by atoms with van der Waals surface area (Å²) in [6.07, 6.45) is 1.77. The largest absolute Gasteiger partial charge is 0.399 e. The van der Waals surface area contributed by atoms with E-state index in [2.05, 4.69) is 24.3 Å². The molecule has 0 amide bonds. The SMILES string of the molecule is CO/N=C1\C=C2C(CC[C@]3(C)C(C(C)NCC(F)F)CC[C@@]23O)[C@@]2(C)C[C@H](O)[C@H](O)C[C@@H]12. The first-order valence-corrected chi connectivity index (χ1v) is 11.9. The number of hydrogen-bond acceptors (Lipinski definition) is 6. The minimum Gasteiger partial charge on any atom is -0.399 e. The predicted molar refractivity (Wildman–Crippen MR) is 117 cm³/mol. The van der Waals surface area contributed by atoms with Crippen LogP contribution in [0.25, 0.3) is 0 Å². The van der Waals surface area contributed by atoms with Gasteiger partial charge < -0.3 is 25.5 Å². The Morgan fingerprint density at radius 2 is 1.91 bits per heavy atom. The quantitative estimate of drug-likeness (QED) is 0.478. The summed E-state index contributed by atoms with van der Waals surface area (Å²) in [6, 6.07) is -0.133. The number of allylic oxidation sites excluding steroid dienone is 1. The summed E-state index contributed by atoms with van der Waals surface area (Å²) in [5, 5.41) is 40.4. The lowest BCUT2D eigenvalue weighted by Crippen LogP contribution is -2.61. The van der Waals surface area contributed by atoms with Crippen molar-refractivity contribution in [3.8, 4) is 0 Å². The number of aliphatic hydroxyl groups is 3. The van der Waals surface area contributed by atoms with Crippen molar-refractivity contribution < 1.29 is 28.9 Å². The summed E-state index contributed by atoms with van der Waals surface area (Å²) < 4.78 is 25.6. The van der Waals surface area contributed by atoms with E-state index in [1.165, 1.54) is 7.11 Å². The van der Waals surface area contributed by atoms with Gasteiger partial charge in [0.15, 0.2) is 0 Å². The highest BCUT2D eigenvalue weighted by Crippen LogP contribution is 2.67. The van der Waals surface area contributed by atoms with E-state index in [1.807, 2.05) is 13.0 Å². The van der Waals surface area contributed by atoms with Crippen molar-refractivity contribution >= 4 is 5.71 Å². The van der Waals surface area contributed by atoms with Gasteiger partial charge in [-0.25, -0.2) is 8.78 Å². The summed E-state index contributed by atoms with van der Waals surface area (Å²) >= 11 is 0. The van der Waals surface area contributed by atoms with Gasteiger partial charge in [0.05, 0.1) is 30.1 Å². The lowest BCUT2D eigenvalue weighted by molar-refractivity contribution is -0.121. The second kappa shape index (κ2) is 8.29. The van der Waals surface area contributed by atoms with Crippen LogP contribution in [0.1, 0.15) is 59.3 Å². The van der Waals surface area contributed by atoms with Crippen LogP contribution in [0, 0.1) is 28.6 Å². The van der Waals surface area contributed by atoms with E-state index in [4.69, 9.17) is 4.84 Å². The van der Waals surface area contributed by atoms with E-state index in [0.717, 1.165) is 24.8 Å². The van der Waals surface area contributed by atoms with Gasteiger partial charge >= 0.3 is 0 Å². The van der Waals surface area contributed by atoms with Crippen LogP contribution in [-0.4, -0.2) is 65.0 Å². The van der Waals surface area contributed by atoms with Crippen molar-refractivity contribution in [3.05, 3.63) is 11.6 Å². The fraction of sp³-hybridized carbons (Fsp3) is 0.875. The van der Waals surface area contributed by atoms with Gasteiger partial charge in [0, 0.05) is 17.4 Å². The standard InChI is InChI=1S/C24H38F2N2O4/c1-13(27-12-21(25)26)14-6-8-24(31)16-9-18(28-32-4)17-10-19(29)20(30)11-22(17,2)15(16)5-7-23(14,24)3/h9,13-15,17,19-21,27,29-31H,5-8,10-12H2,1-4H3/b28-18+/t13?,14?,15?,17-,19+,20-,22+,23+,24+/m0/s1. The van der Waals surface area contributed by atoms with E-state index in [1.54, 1.807) is 0 Å². The third kappa shape index (κ3) is 3.44. The molecule has 4 N–H and O–H groups in total. The second-order valence-electron chi connectivity index (χ2n) is 11.0. The Balaban J connectivity index is 1.72. The maximum Gasteiger partial charge on any atom is 0.250 e. The number of rotatable bonds is 5. The number of nitrogens with one attached hydrogen (secondary N) is 1. The highest BCUT2D eigenvalue weighted by Gasteiger charge is 2.66. The number of oxime groups is 1. The molecule has 0 aromatic carbocycles. The second-order valence-corrected chi connectivity index (χ2v) is 11.0. The topological polar surface area (TPSA) is 94.3 Å². The molecule has 6 nitrogen and oxygen atoms in total. The molecule has 0 saturated heterocycles. The van der Waals surface area contributed by atoms with Crippen LogP contribution >= 0.6 is 0 Å². The Bertz CT molecular complexity index is 792. The van der Waals surface area contributed by atoms with Crippen molar-refractivity contribution in [3.63, 3.8) is 0 Å². The molecule has 3 fully saturated rings. The molecule has 0 spiro atoms. The summed E-state index contributed by atoms with van der Waals surface area (Å²) in [5.74, 6) is 0.0678. The Hall–Kier alpha value is -1.09. The van der Waals surface area contributed by atoms with Gasteiger partial charge in [-0.3, -0.25) is 0 Å². The maximum absolute atomic E-state index is 12.8. The first kappa shape index (κ1) is 24.0. The molecule has 0 radical (unpaired) electrons. The molecule has 4 aliphatic carbocycles. The van der Waals surface area contributed by atoms with Crippen LogP contribution < -0.4 is 5.32 Å². The van der Waals surface area contributed by atoms with E-state index >= 15 is 0 Å². The molecule has 4 rings (SSSR count). The van der Waals surface area contributed by atoms with Crippen molar-refractivity contribution in [2.75, 3.05) is 13.7 Å². The van der Waals surface area contributed by atoms with Crippen molar-refractivity contribution in [2.24, 2.45) is 33.7 Å². The van der Waals surface area contributed by atoms with Crippen LogP contribution in [0.3, 0.4) is 0 Å². The van der Waals surface area contributed by atoms with E-state index in [-0.39, 0.29) is 35.8 Å². The summed E-state index contributed by atoms with van der Waals surface area (Å²) in [6.45, 7) is 5.84. The molecule has 0 aromatic rings. The fourth-order valence-corrected chi connectivity index (χ4v) is 7.85. The first-order chi connectivity index (χ1) is 15.0. The Labute approximate surface area is 189 Å². The van der Waals surface area contributed by atoms with Crippen molar-refractivity contribution in [1.82, 2.24) is 5.32 Å². The van der Waals surface area contributed by atoms with E-state index in [9.17, 15) is 24.1 Å². The average Bonchev–Trinajstić information content (AvgIpc) is 3.00. The van der Waals surface area contributed by atoms with E-state index < -0.39 is 29.6 Å². The third-order valence-electron chi connectivity index (χ3n) is 9.60. The number of nitrogens with zero attached hydrogens (tertiary/aromatic N) is 1. The van der Waals surface area contributed by atoms with E-state index in [0.29, 0.717) is 25.0 Å².